The maximum atomic E-state index is 12.6. The van der Waals surface area contributed by atoms with Crippen LogP contribution in [0.5, 0.6) is 0 Å². The number of halogens is 4. The van der Waals surface area contributed by atoms with Gasteiger partial charge in [0.05, 0.1) is 16.9 Å². The summed E-state index contributed by atoms with van der Waals surface area (Å²) in [6.45, 7) is 0.327. The van der Waals surface area contributed by atoms with E-state index in [0.717, 1.165) is 28.6 Å². The minimum atomic E-state index is -4.51. The maximum Gasteiger partial charge on any atom is 0.417 e. The minimum absolute atomic E-state index is 0.0939. The van der Waals surface area contributed by atoms with Crippen LogP contribution in [0.2, 0.25) is 5.02 Å². The number of alkyl halides is 3. The van der Waals surface area contributed by atoms with Crippen molar-refractivity contribution < 1.29 is 13.2 Å². The molecule has 144 valence electrons. The first-order valence-corrected chi connectivity index (χ1v) is 8.94. The van der Waals surface area contributed by atoms with Crippen molar-refractivity contribution in [3.8, 4) is 0 Å². The number of fused-ring (bicyclic) bond motifs is 1. The van der Waals surface area contributed by atoms with E-state index >= 15 is 0 Å². The Bertz CT molecular complexity index is 1140. The lowest BCUT2D eigenvalue weighted by Crippen LogP contribution is -2.37. The number of rotatable bonds is 4. The van der Waals surface area contributed by atoms with E-state index in [1.807, 2.05) is 0 Å². The van der Waals surface area contributed by atoms with E-state index in [-0.39, 0.29) is 21.2 Å². The standard InChI is InChI=1S/C15H13ClF3N5O2S/c1-22-11-10(13(25)23(2)14(22)26)24(7-21-11)3-4-27-12-9(16)5-8(6-20-12)15(17,18)19/h5-7H,3-4H2,1-2H3. The first-order chi connectivity index (χ1) is 12.6. The van der Waals surface area contributed by atoms with Crippen LogP contribution in [0.3, 0.4) is 0 Å². The monoisotopic (exact) mass is 419 g/mol. The molecule has 0 spiro atoms. The Kier molecular flexibility index (Phi) is 5.08. The van der Waals surface area contributed by atoms with Gasteiger partial charge in [-0.1, -0.05) is 11.6 Å². The zero-order valence-electron chi connectivity index (χ0n) is 14.1. The van der Waals surface area contributed by atoms with Crippen LogP contribution in [0, 0.1) is 0 Å². The van der Waals surface area contributed by atoms with Gasteiger partial charge in [-0.05, 0) is 6.07 Å². The summed E-state index contributed by atoms with van der Waals surface area (Å²) in [5.74, 6) is 0.384. The Morgan fingerprint density at radius 1 is 1.19 bits per heavy atom. The topological polar surface area (TPSA) is 74.7 Å². The molecule has 3 heterocycles. The summed E-state index contributed by atoms with van der Waals surface area (Å²) in [5.41, 5.74) is -1.33. The third-order valence-electron chi connectivity index (χ3n) is 3.92. The number of imidazole rings is 1. The molecular weight excluding hydrogens is 407 g/mol. The highest BCUT2D eigenvalue weighted by Crippen LogP contribution is 2.33. The molecule has 0 aliphatic rings. The van der Waals surface area contributed by atoms with Gasteiger partial charge in [-0.15, -0.1) is 11.8 Å². The number of thioether (sulfide) groups is 1. The SMILES string of the molecule is Cn1c(=O)c2c(ncn2CCSc2ncc(C(F)(F)F)cc2Cl)n(C)c1=O. The first-order valence-electron chi connectivity index (χ1n) is 7.57. The molecule has 0 aromatic carbocycles. The molecule has 0 aliphatic carbocycles. The van der Waals surface area contributed by atoms with Crippen molar-refractivity contribution in [1.29, 1.82) is 0 Å². The maximum absolute atomic E-state index is 12.6. The Morgan fingerprint density at radius 3 is 2.52 bits per heavy atom. The summed E-state index contributed by atoms with van der Waals surface area (Å²) in [4.78, 5) is 32.1. The lowest BCUT2D eigenvalue weighted by atomic mass is 10.3. The largest absolute Gasteiger partial charge is 0.417 e. The van der Waals surface area contributed by atoms with Crippen LogP contribution in [0.25, 0.3) is 11.2 Å². The fourth-order valence-corrected chi connectivity index (χ4v) is 3.63. The van der Waals surface area contributed by atoms with E-state index < -0.39 is 23.0 Å². The molecule has 27 heavy (non-hydrogen) atoms. The number of aryl methyl sites for hydroxylation is 2. The number of hydrogen-bond donors (Lipinski definition) is 0. The van der Waals surface area contributed by atoms with Crippen LogP contribution in [-0.4, -0.2) is 29.4 Å². The van der Waals surface area contributed by atoms with Gasteiger partial charge in [0.2, 0.25) is 0 Å². The van der Waals surface area contributed by atoms with Crippen molar-refractivity contribution in [2.24, 2.45) is 14.1 Å². The summed E-state index contributed by atoms with van der Waals surface area (Å²) in [6.07, 6.45) is -2.34. The highest BCUT2D eigenvalue weighted by molar-refractivity contribution is 7.99. The van der Waals surface area contributed by atoms with Crippen LogP contribution >= 0.6 is 23.4 Å². The lowest BCUT2D eigenvalue weighted by molar-refractivity contribution is -0.137. The van der Waals surface area contributed by atoms with Gasteiger partial charge in [-0.2, -0.15) is 13.2 Å². The second kappa shape index (κ2) is 7.04. The Balaban J connectivity index is 1.81. The van der Waals surface area contributed by atoms with E-state index in [1.165, 1.54) is 25.0 Å². The average Bonchev–Trinajstić information content (AvgIpc) is 3.02. The molecule has 3 rings (SSSR count). The molecule has 0 unspecified atom stereocenters. The van der Waals surface area contributed by atoms with E-state index in [4.69, 9.17) is 11.6 Å². The van der Waals surface area contributed by atoms with Gasteiger partial charge in [0, 0.05) is 32.6 Å². The molecule has 0 N–H and O–H groups in total. The molecule has 0 saturated carbocycles. The fraction of sp³-hybridized carbons (Fsp3) is 0.333. The lowest BCUT2D eigenvalue weighted by Gasteiger charge is -2.09. The van der Waals surface area contributed by atoms with Gasteiger partial charge < -0.3 is 4.57 Å². The summed E-state index contributed by atoms with van der Waals surface area (Å²) < 4.78 is 41.8. The Labute approximate surface area is 159 Å². The van der Waals surface area contributed by atoms with E-state index in [1.54, 1.807) is 4.57 Å². The Hall–Kier alpha value is -2.27. The van der Waals surface area contributed by atoms with Crippen molar-refractivity contribution >= 4 is 34.5 Å². The van der Waals surface area contributed by atoms with Crippen LogP contribution in [0.1, 0.15) is 5.56 Å². The van der Waals surface area contributed by atoms with Crippen LogP contribution < -0.4 is 11.2 Å². The summed E-state index contributed by atoms with van der Waals surface area (Å²) >= 11 is 7.04. The van der Waals surface area contributed by atoms with Gasteiger partial charge in [-0.3, -0.25) is 13.9 Å². The van der Waals surface area contributed by atoms with Gasteiger partial charge in [0.25, 0.3) is 5.56 Å². The van der Waals surface area contributed by atoms with Crippen molar-refractivity contribution in [2.75, 3.05) is 5.75 Å². The molecule has 0 aliphatic heterocycles. The number of pyridine rings is 1. The molecule has 0 amide bonds. The molecular formula is C15H13ClF3N5O2S. The van der Waals surface area contributed by atoms with Crippen molar-refractivity contribution in [3.63, 3.8) is 0 Å². The Morgan fingerprint density at radius 2 is 1.89 bits per heavy atom. The van der Waals surface area contributed by atoms with Crippen LogP contribution in [0.15, 0.2) is 33.2 Å². The van der Waals surface area contributed by atoms with E-state index in [0.29, 0.717) is 12.3 Å². The number of nitrogens with zero attached hydrogens (tertiary/aromatic N) is 5. The third-order valence-corrected chi connectivity index (χ3v) is 5.31. The number of aromatic nitrogens is 5. The normalized spacial score (nSPS) is 12.1. The molecule has 0 saturated heterocycles. The van der Waals surface area contributed by atoms with Crippen molar-refractivity contribution in [3.05, 3.63) is 50.0 Å². The van der Waals surface area contributed by atoms with Gasteiger partial charge in [0.1, 0.15) is 5.03 Å². The van der Waals surface area contributed by atoms with Crippen LogP contribution in [-0.2, 0) is 26.8 Å². The molecule has 3 aromatic heterocycles. The van der Waals surface area contributed by atoms with Gasteiger partial charge in [0.15, 0.2) is 11.2 Å². The number of hydrogen-bond acceptors (Lipinski definition) is 5. The third kappa shape index (κ3) is 3.61. The molecule has 0 fully saturated rings. The highest BCUT2D eigenvalue weighted by Gasteiger charge is 2.31. The predicted molar refractivity (Wildman–Crippen MR) is 95.2 cm³/mol. The zero-order chi connectivity index (χ0) is 19.9. The molecule has 0 atom stereocenters. The molecule has 12 heteroatoms. The van der Waals surface area contributed by atoms with Gasteiger partial charge >= 0.3 is 11.9 Å². The summed E-state index contributed by atoms with van der Waals surface area (Å²) in [7, 11) is 2.89. The fourth-order valence-electron chi connectivity index (χ4n) is 2.49. The van der Waals surface area contributed by atoms with E-state index in [2.05, 4.69) is 9.97 Å². The first kappa shape index (κ1) is 19.5. The zero-order valence-corrected chi connectivity index (χ0v) is 15.7. The van der Waals surface area contributed by atoms with Crippen LogP contribution in [0.4, 0.5) is 13.2 Å². The van der Waals surface area contributed by atoms with Crippen molar-refractivity contribution in [2.45, 2.75) is 17.7 Å². The summed E-state index contributed by atoms with van der Waals surface area (Å²) in [5, 5.41) is 0.165. The molecule has 0 bridgehead atoms. The van der Waals surface area contributed by atoms with E-state index in [9.17, 15) is 22.8 Å². The summed E-state index contributed by atoms with van der Waals surface area (Å²) in [6, 6.07) is 0.828. The van der Waals surface area contributed by atoms with Crippen molar-refractivity contribution in [1.82, 2.24) is 23.7 Å². The smallest absolute Gasteiger partial charge is 0.324 e. The predicted octanol–water partition coefficient (Wildman–Crippen LogP) is 2.29. The quantitative estimate of drug-likeness (QED) is 0.607. The second-order valence-electron chi connectivity index (χ2n) is 5.67. The van der Waals surface area contributed by atoms with Gasteiger partial charge in [-0.25, -0.2) is 14.8 Å². The molecule has 3 aromatic rings. The molecule has 0 radical (unpaired) electrons. The second-order valence-corrected chi connectivity index (χ2v) is 7.16. The highest BCUT2D eigenvalue weighted by atomic mass is 35.5. The average molecular weight is 420 g/mol. The minimum Gasteiger partial charge on any atom is -0.324 e. The molecule has 7 nitrogen and oxygen atoms in total.